The molecule has 3 rings (SSSR count). The monoisotopic (exact) mass is 299 g/mol. The van der Waals surface area contributed by atoms with Crippen LogP contribution in [0.4, 0.5) is 5.69 Å². The molecule has 5 heteroatoms. The Bertz CT molecular complexity index is 737. The van der Waals surface area contributed by atoms with Gasteiger partial charge in [-0.3, -0.25) is 0 Å². The normalized spacial score (nSPS) is 10.7. The van der Waals surface area contributed by atoms with Gasteiger partial charge in [0.15, 0.2) is 0 Å². The van der Waals surface area contributed by atoms with Crippen LogP contribution in [-0.4, -0.2) is 10.1 Å². The lowest BCUT2D eigenvalue weighted by atomic mass is 10.1. The summed E-state index contributed by atoms with van der Waals surface area (Å²) in [6.45, 7) is 0. The van der Waals surface area contributed by atoms with Crippen LogP contribution in [0.3, 0.4) is 0 Å². The first-order chi connectivity index (χ1) is 10.2. The van der Waals surface area contributed by atoms with E-state index >= 15 is 0 Å². The lowest BCUT2D eigenvalue weighted by molar-refractivity contribution is 0.379. The average molecular weight is 300 g/mol. The highest BCUT2D eigenvalue weighted by Crippen LogP contribution is 2.19. The van der Waals surface area contributed by atoms with Gasteiger partial charge in [-0.25, -0.2) is 0 Å². The van der Waals surface area contributed by atoms with Crippen LogP contribution in [0.25, 0.3) is 11.4 Å². The summed E-state index contributed by atoms with van der Waals surface area (Å²) in [5.74, 6) is 1.19. The average Bonchev–Trinajstić information content (AvgIpc) is 2.95. The Hall–Kier alpha value is -2.33. The Morgan fingerprint density at radius 3 is 2.62 bits per heavy atom. The van der Waals surface area contributed by atoms with Crippen LogP contribution in [0, 0.1) is 0 Å². The van der Waals surface area contributed by atoms with E-state index in [0.29, 0.717) is 23.2 Å². The molecule has 2 aromatic carbocycles. The van der Waals surface area contributed by atoms with Gasteiger partial charge in [0, 0.05) is 22.7 Å². The standard InChI is InChI=1S/C16H14ClN3O/c17-13-7-5-12(6-8-13)16-19-15(21-20-16)9-4-11-2-1-3-14(18)10-11/h1-3,5-8,10H,4,9,18H2. The molecule has 0 fully saturated rings. The van der Waals surface area contributed by atoms with Crippen LogP contribution in [0.5, 0.6) is 0 Å². The molecule has 106 valence electrons. The molecule has 0 unspecified atom stereocenters. The van der Waals surface area contributed by atoms with E-state index in [-0.39, 0.29) is 0 Å². The molecule has 3 aromatic rings. The summed E-state index contributed by atoms with van der Waals surface area (Å²) < 4.78 is 5.28. The van der Waals surface area contributed by atoms with Crippen molar-refractivity contribution in [1.82, 2.24) is 10.1 Å². The van der Waals surface area contributed by atoms with Gasteiger partial charge in [0.2, 0.25) is 11.7 Å². The zero-order chi connectivity index (χ0) is 14.7. The first-order valence-electron chi connectivity index (χ1n) is 6.64. The van der Waals surface area contributed by atoms with E-state index in [9.17, 15) is 0 Å². The maximum atomic E-state index is 5.86. The van der Waals surface area contributed by atoms with E-state index in [4.69, 9.17) is 21.9 Å². The molecule has 0 radical (unpaired) electrons. The predicted molar refractivity (Wildman–Crippen MR) is 83.0 cm³/mol. The molecular weight excluding hydrogens is 286 g/mol. The van der Waals surface area contributed by atoms with E-state index < -0.39 is 0 Å². The number of nitrogens with zero attached hydrogens (tertiary/aromatic N) is 2. The first-order valence-corrected chi connectivity index (χ1v) is 7.01. The van der Waals surface area contributed by atoms with Gasteiger partial charge in [0.05, 0.1) is 0 Å². The lowest BCUT2D eigenvalue weighted by Crippen LogP contribution is -1.93. The van der Waals surface area contributed by atoms with Crippen LogP contribution in [0.15, 0.2) is 53.1 Å². The molecule has 1 heterocycles. The van der Waals surface area contributed by atoms with E-state index in [1.54, 1.807) is 12.1 Å². The van der Waals surface area contributed by atoms with Gasteiger partial charge in [0.25, 0.3) is 0 Å². The van der Waals surface area contributed by atoms with Crippen molar-refractivity contribution in [2.45, 2.75) is 12.8 Å². The molecule has 0 aliphatic heterocycles. The fourth-order valence-electron chi connectivity index (χ4n) is 2.07. The van der Waals surface area contributed by atoms with Crippen molar-refractivity contribution in [2.75, 3.05) is 5.73 Å². The highest BCUT2D eigenvalue weighted by molar-refractivity contribution is 6.30. The molecule has 0 atom stereocenters. The van der Waals surface area contributed by atoms with Gasteiger partial charge in [-0.05, 0) is 48.4 Å². The van der Waals surface area contributed by atoms with Crippen molar-refractivity contribution >= 4 is 17.3 Å². The second kappa shape index (κ2) is 5.97. The molecule has 21 heavy (non-hydrogen) atoms. The maximum Gasteiger partial charge on any atom is 0.227 e. The number of hydrogen-bond donors (Lipinski definition) is 1. The number of benzene rings is 2. The van der Waals surface area contributed by atoms with Crippen molar-refractivity contribution in [3.63, 3.8) is 0 Å². The van der Waals surface area contributed by atoms with Crippen molar-refractivity contribution < 1.29 is 4.52 Å². The summed E-state index contributed by atoms with van der Waals surface area (Å²) in [6, 6.07) is 15.2. The van der Waals surface area contributed by atoms with Crippen LogP contribution in [0.1, 0.15) is 11.5 Å². The van der Waals surface area contributed by atoms with Gasteiger partial charge in [-0.15, -0.1) is 0 Å². The Balaban J connectivity index is 1.69. The Morgan fingerprint density at radius 1 is 1.05 bits per heavy atom. The summed E-state index contributed by atoms with van der Waals surface area (Å²) in [5, 5.41) is 4.68. The molecule has 0 spiro atoms. The Labute approximate surface area is 127 Å². The van der Waals surface area contributed by atoms with Crippen LogP contribution in [0.2, 0.25) is 5.02 Å². The van der Waals surface area contributed by atoms with Crippen LogP contribution < -0.4 is 5.73 Å². The number of anilines is 1. The lowest BCUT2D eigenvalue weighted by Gasteiger charge is -1.99. The second-order valence-electron chi connectivity index (χ2n) is 4.76. The minimum atomic E-state index is 0.578. The number of rotatable bonds is 4. The van der Waals surface area contributed by atoms with Gasteiger partial charge in [-0.2, -0.15) is 4.98 Å². The van der Waals surface area contributed by atoms with Gasteiger partial charge < -0.3 is 10.3 Å². The largest absolute Gasteiger partial charge is 0.399 e. The first kappa shape index (κ1) is 13.6. The molecule has 4 nitrogen and oxygen atoms in total. The van der Waals surface area contributed by atoms with Crippen molar-refractivity contribution in [3.05, 3.63) is 65.0 Å². The minimum Gasteiger partial charge on any atom is -0.399 e. The Kier molecular flexibility index (Phi) is 3.88. The van der Waals surface area contributed by atoms with E-state index in [0.717, 1.165) is 23.2 Å². The summed E-state index contributed by atoms with van der Waals surface area (Å²) in [4.78, 5) is 4.40. The molecule has 0 aliphatic rings. The molecule has 0 saturated heterocycles. The van der Waals surface area contributed by atoms with Crippen LogP contribution >= 0.6 is 11.6 Å². The highest BCUT2D eigenvalue weighted by Gasteiger charge is 2.08. The zero-order valence-electron chi connectivity index (χ0n) is 11.3. The van der Waals surface area contributed by atoms with E-state index in [1.165, 1.54) is 0 Å². The number of nitrogens with two attached hydrogens (primary N) is 1. The maximum absolute atomic E-state index is 5.86. The molecule has 0 aliphatic carbocycles. The molecule has 0 bridgehead atoms. The summed E-state index contributed by atoms with van der Waals surface area (Å²) in [5.41, 5.74) is 8.56. The van der Waals surface area contributed by atoms with E-state index in [1.807, 2.05) is 36.4 Å². The quantitative estimate of drug-likeness (QED) is 0.745. The topological polar surface area (TPSA) is 64.9 Å². The number of hydrogen-bond acceptors (Lipinski definition) is 4. The minimum absolute atomic E-state index is 0.578. The fourth-order valence-corrected chi connectivity index (χ4v) is 2.20. The molecule has 0 saturated carbocycles. The third-order valence-corrected chi connectivity index (χ3v) is 3.40. The van der Waals surface area contributed by atoms with Gasteiger partial charge >= 0.3 is 0 Å². The summed E-state index contributed by atoms with van der Waals surface area (Å²) in [6.07, 6.45) is 1.50. The Morgan fingerprint density at radius 2 is 1.86 bits per heavy atom. The SMILES string of the molecule is Nc1cccc(CCc2nc(-c3ccc(Cl)cc3)no2)c1. The second-order valence-corrected chi connectivity index (χ2v) is 5.20. The van der Waals surface area contributed by atoms with Crippen LogP contribution in [-0.2, 0) is 12.8 Å². The molecule has 2 N–H and O–H groups in total. The van der Waals surface area contributed by atoms with Gasteiger partial charge in [-0.1, -0.05) is 28.9 Å². The molecule has 0 amide bonds. The predicted octanol–water partition coefficient (Wildman–Crippen LogP) is 3.76. The number of aryl methyl sites for hydroxylation is 2. The van der Waals surface area contributed by atoms with Gasteiger partial charge in [0.1, 0.15) is 0 Å². The fraction of sp³-hybridized carbons (Fsp3) is 0.125. The number of aromatic nitrogens is 2. The van der Waals surface area contributed by atoms with Crippen molar-refractivity contribution in [3.8, 4) is 11.4 Å². The number of halogens is 1. The van der Waals surface area contributed by atoms with Crippen molar-refractivity contribution in [2.24, 2.45) is 0 Å². The third kappa shape index (κ3) is 3.41. The zero-order valence-corrected chi connectivity index (χ0v) is 12.0. The smallest absolute Gasteiger partial charge is 0.227 e. The highest BCUT2D eigenvalue weighted by atomic mass is 35.5. The van der Waals surface area contributed by atoms with Crippen molar-refractivity contribution in [1.29, 1.82) is 0 Å². The summed E-state index contributed by atoms with van der Waals surface area (Å²) in [7, 11) is 0. The number of nitrogen functional groups attached to an aromatic ring is 1. The molecular formula is C16H14ClN3O. The summed E-state index contributed by atoms with van der Waals surface area (Å²) >= 11 is 5.86. The molecule has 1 aromatic heterocycles. The third-order valence-electron chi connectivity index (χ3n) is 3.15. The van der Waals surface area contributed by atoms with E-state index in [2.05, 4.69) is 10.1 Å².